The number of ether oxygens (including phenoxy) is 2. The normalized spacial score (nSPS) is 10.5. The van der Waals surface area contributed by atoms with Crippen LogP contribution in [0.4, 0.5) is 5.69 Å². The second-order valence-corrected chi connectivity index (χ2v) is 6.18. The van der Waals surface area contributed by atoms with Crippen LogP contribution in [0.2, 0.25) is 0 Å². The van der Waals surface area contributed by atoms with E-state index in [0.29, 0.717) is 13.0 Å². The molecule has 9 nitrogen and oxygen atoms in total. The van der Waals surface area contributed by atoms with Gasteiger partial charge in [0.1, 0.15) is 0 Å². The quantitative estimate of drug-likeness (QED) is 0.342. The van der Waals surface area contributed by atoms with Gasteiger partial charge in [0.2, 0.25) is 0 Å². The smallest absolute Gasteiger partial charge is 0.338 e. The maximum atomic E-state index is 12.0. The third kappa shape index (κ3) is 4.70. The van der Waals surface area contributed by atoms with E-state index in [4.69, 9.17) is 4.74 Å². The molecule has 3 rings (SSSR count). The molecule has 0 saturated heterocycles. The lowest BCUT2D eigenvalue weighted by atomic mass is 10.1. The number of amides is 1. The number of hydrogen-bond donors (Lipinski definition) is 2. The zero-order valence-electron chi connectivity index (χ0n) is 15.6. The highest BCUT2D eigenvalue weighted by Gasteiger charge is 2.20. The average molecular weight is 397 g/mol. The van der Waals surface area contributed by atoms with E-state index in [0.717, 1.165) is 22.5 Å². The van der Waals surface area contributed by atoms with Crippen LogP contribution in [-0.4, -0.2) is 42.0 Å². The van der Waals surface area contributed by atoms with E-state index < -0.39 is 22.5 Å². The van der Waals surface area contributed by atoms with Gasteiger partial charge in [-0.3, -0.25) is 14.9 Å². The van der Waals surface area contributed by atoms with Gasteiger partial charge in [0.15, 0.2) is 12.4 Å². The molecule has 9 heteroatoms. The van der Waals surface area contributed by atoms with Crippen LogP contribution in [0, 0.1) is 10.1 Å². The van der Waals surface area contributed by atoms with Crippen molar-refractivity contribution in [3.8, 4) is 5.75 Å². The molecule has 150 valence electrons. The highest BCUT2D eigenvalue weighted by molar-refractivity contribution is 5.90. The Morgan fingerprint density at radius 2 is 2.00 bits per heavy atom. The zero-order chi connectivity index (χ0) is 20.8. The van der Waals surface area contributed by atoms with Gasteiger partial charge >= 0.3 is 11.7 Å². The third-order valence-electron chi connectivity index (χ3n) is 4.33. The number of nitrogens with one attached hydrogen (secondary N) is 2. The minimum Gasteiger partial charge on any atom is -0.477 e. The second kappa shape index (κ2) is 8.87. The van der Waals surface area contributed by atoms with E-state index in [1.54, 1.807) is 0 Å². The van der Waals surface area contributed by atoms with Gasteiger partial charge in [0, 0.05) is 29.7 Å². The Hall–Kier alpha value is -3.88. The van der Waals surface area contributed by atoms with Crippen molar-refractivity contribution in [2.45, 2.75) is 6.42 Å². The van der Waals surface area contributed by atoms with Crippen molar-refractivity contribution >= 4 is 28.5 Å². The van der Waals surface area contributed by atoms with Gasteiger partial charge in [-0.05, 0) is 30.2 Å². The number of H-pyrrole nitrogens is 1. The number of carbonyl (C=O) groups is 2. The Balaban J connectivity index is 1.55. The number of aromatic nitrogens is 1. The van der Waals surface area contributed by atoms with E-state index in [-0.39, 0.29) is 17.9 Å². The number of benzene rings is 2. The van der Waals surface area contributed by atoms with Crippen molar-refractivity contribution in [2.24, 2.45) is 0 Å². The Bertz CT molecular complexity index is 1060. The molecular weight excluding hydrogens is 378 g/mol. The highest BCUT2D eigenvalue weighted by Crippen LogP contribution is 2.28. The van der Waals surface area contributed by atoms with Crippen LogP contribution >= 0.6 is 0 Å². The largest absolute Gasteiger partial charge is 0.477 e. The number of carbonyl (C=O) groups excluding carboxylic acids is 2. The number of nitro benzene ring substituents is 1. The Morgan fingerprint density at radius 3 is 2.76 bits per heavy atom. The minimum atomic E-state index is -0.699. The number of para-hydroxylation sites is 1. The van der Waals surface area contributed by atoms with Crippen molar-refractivity contribution < 1.29 is 24.0 Å². The molecule has 0 bridgehead atoms. The van der Waals surface area contributed by atoms with Crippen LogP contribution in [0.5, 0.6) is 5.75 Å². The summed E-state index contributed by atoms with van der Waals surface area (Å²) in [5.74, 6) is -1.21. The Morgan fingerprint density at radius 1 is 1.21 bits per heavy atom. The molecule has 1 amide bonds. The Kier molecular flexibility index (Phi) is 6.08. The van der Waals surface area contributed by atoms with Gasteiger partial charge < -0.3 is 19.8 Å². The van der Waals surface area contributed by atoms with Gasteiger partial charge in [-0.15, -0.1) is 0 Å². The molecule has 1 aromatic heterocycles. The summed E-state index contributed by atoms with van der Waals surface area (Å²) in [6.45, 7) is 0.0136. The number of esters is 1. The summed E-state index contributed by atoms with van der Waals surface area (Å²) < 4.78 is 9.82. The summed E-state index contributed by atoms with van der Waals surface area (Å²) in [6, 6.07) is 11.5. The molecule has 0 aliphatic rings. The molecule has 29 heavy (non-hydrogen) atoms. The first-order valence-corrected chi connectivity index (χ1v) is 8.81. The molecular formula is C20H19N3O6. The van der Waals surface area contributed by atoms with E-state index >= 15 is 0 Å². The SMILES string of the molecule is COC(=O)c1ccc(OCC(=O)NCCc2c[nH]c3ccccc23)c([N+](=O)[O-])c1. The number of nitrogens with zero attached hydrogens (tertiary/aromatic N) is 1. The number of hydrogen-bond acceptors (Lipinski definition) is 6. The molecule has 3 aromatic rings. The van der Waals surface area contributed by atoms with Crippen molar-refractivity contribution in [2.75, 3.05) is 20.3 Å². The lowest BCUT2D eigenvalue weighted by Crippen LogP contribution is -2.30. The van der Waals surface area contributed by atoms with Gasteiger partial charge in [-0.1, -0.05) is 18.2 Å². The van der Waals surface area contributed by atoms with Crippen molar-refractivity contribution in [3.05, 3.63) is 69.9 Å². The molecule has 0 saturated carbocycles. The molecule has 0 spiro atoms. The summed E-state index contributed by atoms with van der Waals surface area (Å²) in [7, 11) is 1.18. The first-order chi connectivity index (χ1) is 14.0. The number of methoxy groups -OCH3 is 1. The topological polar surface area (TPSA) is 124 Å². The van der Waals surface area contributed by atoms with Gasteiger partial charge in [-0.2, -0.15) is 0 Å². The van der Waals surface area contributed by atoms with Crippen LogP contribution in [0.25, 0.3) is 10.9 Å². The maximum Gasteiger partial charge on any atom is 0.338 e. The molecule has 0 radical (unpaired) electrons. The number of nitro groups is 1. The van der Waals surface area contributed by atoms with Crippen LogP contribution in [0.1, 0.15) is 15.9 Å². The fourth-order valence-corrected chi connectivity index (χ4v) is 2.90. The third-order valence-corrected chi connectivity index (χ3v) is 4.33. The minimum absolute atomic E-state index is 0.0229. The lowest BCUT2D eigenvalue weighted by molar-refractivity contribution is -0.385. The number of rotatable bonds is 8. The predicted molar refractivity (Wildman–Crippen MR) is 105 cm³/mol. The molecule has 0 unspecified atom stereocenters. The predicted octanol–water partition coefficient (Wildman–Crippen LogP) is 2.60. The fourth-order valence-electron chi connectivity index (χ4n) is 2.90. The molecule has 0 atom stereocenters. The molecule has 1 heterocycles. The van der Waals surface area contributed by atoms with Gasteiger partial charge in [-0.25, -0.2) is 4.79 Å². The van der Waals surface area contributed by atoms with E-state index in [9.17, 15) is 19.7 Å². The molecule has 2 aromatic carbocycles. The van der Waals surface area contributed by atoms with Crippen molar-refractivity contribution in [1.82, 2.24) is 10.3 Å². The van der Waals surface area contributed by atoms with E-state index in [1.165, 1.54) is 19.2 Å². The zero-order valence-corrected chi connectivity index (χ0v) is 15.6. The monoisotopic (exact) mass is 397 g/mol. The van der Waals surface area contributed by atoms with Crippen LogP contribution in [0.3, 0.4) is 0 Å². The number of aromatic amines is 1. The van der Waals surface area contributed by atoms with E-state index in [1.807, 2.05) is 30.5 Å². The summed E-state index contributed by atoms with van der Waals surface area (Å²) in [4.78, 5) is 37.2. The maximum absolute atomic E-state index is 12.0. The van der Waals surface area contributed by atoms with Crippen LogP contribution < -0.4 is 10.1 Å². The molecule has 0 fully saturated rings. The summed E-state index contributed by atoms with van der Waals surface area (Å²) >= 11 is 0. The molecule has 0 aliphatic carbocycles. The summed E-state index contributed by atoms with van der Waals surface area (Å²) in [5, 5.41) is 15.0. The second-order valence-electron chi connectivity index (χ2n) is 6.18. The lowest BCUT2D eigenvalue weighted by Gasteiger charge is -2.08. The van der Waals surface area contributed by atoms with Gasteiger partial charge in [0.25, 0.3) is 5.91 Å². The number of fused-ring (bicyclic) bond motifs is 1. The van der Waals surface area contributed by atoms with Crippen molar-refractivity contribution in [1.29, 1.82) is 0 Å². The first-order valence-electron chi connectivity index (χ1n) is 8.81. The summed E-state index contributed by atoms with van der Waals surface area (Å²) in [6.07, 6.45) is 2.53. The summed E-state index contributed by atoms with van der Waals surface area (Å²) in [5.41, 5.74) is 1.71. The molecule has 2 N–H and O–H groups in total. The Labute approximate surface area is 165 Å². The van der Waals surface area contributed by atoms with Gasteiger partial charge in [0.05, 0.1) is 17.6 Å². The first kappa shape index (κ1) is 19.9. The van der Waals surface area contributed by atoms with Crippen LogP contribution in [-0.2, 0) is 16.0 Å². The van der Waals surface area contributed by atoms with E-state index in [2.05, 4.69) is 15.0 Å². The standard InChI is InChI=1S/C20H19N3O6/c1-28-20(25)13-6-7-18(17(10-13)23(26)27)29-12-19(24)21-9-8-14-11-22-16-5-3-2-4-15(14)16/h2-7,10-11,22H,8-9,12H2,1H3,(H,21,24). The van der Waals surface area contributed by atoms with Crippen molar-refractivity contribution in [3.63, 3.8) is 0 Å². The highest BCUT2D eigenvalue weighted by atomic mass is 16.6. The van der Waals surface area contributed by atoms with Crippen LogP contribution in [0.15, 0.2) is 48.7 Å². The fraction of sp³-hybridized carbons (Fsp3) is 0.200. The molecule has 0 aliphatic heterocycles. The average Bonchev–Trinajstić information content (AvgIpc) is 3.14.